The SMILES string of the molecule is Nc1ccc2c(c1)N=C(N1CCN(CCO)CC1)CO2. The average Bonchev–Trinajstić information content (AvgIpc) is 2.47. The monoisotopic (exact) mass is 276 g/mol. The Morgan fingerprint density at radius 2 is 2.05 bits per heavy atom. The van der Waals surface area contributed by atoms with Crippen molar-refractivity contribution in [3.8, 4) is 5.75 Å². The van der Waals surface area contributed by atoms with Gasteiger partial charge >= 0.3 is 0 Å². The number of aliphatic imine (C=N–C) groups is 1. The molecule has 108 valence electrons. The van der Waals surface area contributed by atoms with E-state index in [1.807, 2.05) is 18.2 Å². The van der Waals surface area contributed by atoms with Gasteiger partial charge in [-0.3, -0.25) is 4.90 Å². The van der Waals surface area contributed by atoms with Crippen molar-refractivity contribution in [2.45, 2.75) is 0 Å². The van der Waals surface area contributed by atoms with Crippen LogP contribution in [0.5, 0.6) is 5.75 Å². The first-order chi connectivity index (χ1) is 9.76. The number of anilines is 1. The molecule has 0 saturated carbocycles. The van der Waals surface area contributed by atoms with Crippen molar-refractivity contribution in [3.63, 3.8) is 0 Å². The maximum absolute atomic E-state index is 8.96. The number of ether oxygens (including phenoxy) is 1. The molecular formula is C14H20N4O2. The number of rotatable bonds is 2. The molecule has 2 heterocycles. The Bertz CT molecular complexity index is 510. The van der Waals surface area contributed by atoms with Crippen LogP contribution in [0.1, 0.15) is 0 Å². The summed E-state index contributed by atoms with van der Waals surface area (Å²) in [7, 11) is 0. The molecule has 6 nitrogen and oxygen atoms in total. The van der Waals surface area contributed by atoms with Crippen LogP contribution in [-0.4, -0.2) is 66.7 Å². The Morgan fingerprint density at radius 1 is 1.25 bits per heavy atom. The minimum absolute atomic E-state index is 0.219. The summed E-state index contributed by atoms with van der Waals surface area (Å²) in [6.07, 6.45) is 0. The molecule has 2 aliphatic heterocycles. The summed E-state index contributed by atoms with van der Waals surface area (Å²) in [5, 5.41) is 8.96. The topological polar surface area (TPSA) is 74.3 Å². The van der Waals surface area contributed by atoms with Crippen LogP contribution in [0.4, 0.5) is 11.4 Å². The Hall–Kier alpha value is -1.79. The molecule has 0 spiro atoms. The molecule has 3 rings (SSSR count). The molecule has 1 aromatic carbocycles. The fraction of sp³-hybridized carbons (Fsp3) is 0.500. The largest absolute Gasteiger partial charge is 0.483 e. The van der Waals surface area contributed by atoms with Gasteiger partial charge in [-0.1, -0.05) is 0 Å². The number of aliphatic hydroxyl groups is 1. The molecule has 0 aromatic heterocycles. The van der Waals surface area contributed by atoms with Crippen LogP contribution in [0.2, 0.25) is 0 Å². The maximum atomic E-state index is 8.96. The Kier molecular flexibility index (Phi) is 3.75. The minimum atomic E-state index is 0.219. The van der Waals surface area contributed by atoms with Crippen LogP contribution in [0.3, 0.4) is 0 Å². The number of nitrogens with two attached hydrogens (primary N) is 1. The fourth-order valence-electron chi connectivity index (χ4n) is 2.59. The summed E-state index contributed by atoms with van der Waals surface area (Å²) >= 11 is 0. The number of fused-ring (bicyclic) bond motifs is 1. The molecule has 0 atom stereocenters. The highest BCUT2D eigenvalue weighted by molar-refractivity contribution is 5.89. The second-order valence-corrected chi connectivity index (χ2v) is 5.10. The average molecular weight is 276 g/mol. The van der Waals surface area contributed by atoms with Crippen LogP contribution in [0.25, 0.3) is 0 Å². The number of amidine groups is 1. The van der Waals surface area contributed by atoms with E-state index < -0.39 is 0 Å². The maximum Gasteiger partial charge on any atom is 0.146 e. The molecule has 1 saturated heterocycles. The van der Waals surface area contributed by atoms with E-state index in [1.54, 1.807) is 0 Å². The van der Waals surface area contributed by atoms with Crippen molar-refractivity contribution >= 4 is 17.2 Å². The van der Waals surface area contributed by atoms with Gasteiger partial charge < -0.3 is 20.5 Å². The first-order valence-electron chi connectivity index (χ1n) is 6.94. The zero-order valence-electron chi connectivity index (χ0n) is 11.5. The lowest BCUT2D eigenvalue weighted by atomic mass is 10.2. The lowest BCUT2D eigenvalue weighted by Crippen LogP contribution is -2.50. The second-order valence-electron chi connectivity index (χ2n) is 5.10. The van der Waals surface area contributed by atoms with Crippen LogP contribution in [-0.2, 0) is 0 Å². The van der Waals surface area contributed by atoms with Crippen molar-refractivity contribution in [2.75, 3.05) is 51.7 Å². The summed E-state index contributed by atoms with van der Waals surface area (Å²) < 4.78 is 5.74. The zero-order valence-corrected chi connectivity index (χ0v) is 11.5. The van der Waals surface area contributed by atoms with Gasteiger partial charge in [-0.25, -0.2) is 4.99 Å². The molecule has 0 unspecified atom stereocenters. The van der Waals surface area contributed by atoms with Gasteiger partial charge in [-0.15, -0.1) is 0 Å². The van der Waals surface area contributed by atoms with Gasteiger partial charge in [0.05, 0.1) is 6.61 Å². The number of nitrogens with zero attached hydrogens (tertiary/aromatic N) is 3. The van der Waals surface area contributed by atoms with Crippen LogP contribution >= 0.6 is 0 Å². The third kappa shape index (κ3) is 2.71. The molecule has 2 aliphatic rings. The summed E-state index contributed by atoms with van der Waals surface area (Å²) in [5.41, 5.74) is 7.30. The van der Waals surface area contributed by atoms with E-state index in [9.17, 15) is 0 Å². The molecule has 1 fully saturated rings. The molecule has 0 aliphatic carbocycles. The summed E-state index contributed by atoms with van der Waals surface area (Å²) in [6, 6.07) is 5.54. The van der Waals surface area contributed by atoms with E-state index in [4.69, 9.17) is 15.6 Å². The highest BCUT2D eigenvalue weighted by atomic mass is 16.5. The number of benzene rings is 1. The van der Waals surface area contributed by atoms with Gasteiger partial charge in [0, 0.05) is 38.4 Å². The number of aliphatic hydroxyl groups excluding tert-OH is 1. The van der Waals surface area contributed by atoms with Crippen molar-refractivity contribution in [1.82, 2.24) is 9.80 Å². The summed E-state index contributed by atoms with van der Waals surface area (Å²) in [6.45, 7) is 5.20. The number of hydrogen-bond donors (Lipinski definition) is 2. The van der Waals surface area contributed by atoms with Gasteiger partial charge in [0.2, 0.25) is 0 Å². The van der Waals surface area contributed by atoms with Crippen molar-refractivity contribution < 1.29 is 9.84 Å². The lowest BCUT2D eigenvalue weighted by molar-refractivity contribution is 0.144. The molecule has 1 aromatic rings. The van der Waals surface area contributed by atoms with Crippen molar-refractivity contribution in [3.05, 3.63) is 18.2 Å². The highest BCUT2D eigenvalue weighted by Gasteiger charge is 2.22. The molecule has 0 radical (unpaired) electrons. The predicted octanol–water partition coefficient (Wildman–Crippen LogP) is 0.301. The minimum Gasteiger partial charge on any atom is -0.483 e. The van der Waals surface area contributed by atoms with E-state index in [1.165, 1.54) is 0 Å². The van der Waals surface area contributed by atoms with Gasteiger partial charge in [0.25, 0.3) is 0 Å². The van der Waals surface area contributed by atoms with Crippen molar-refractivity contribution in [2.24, 2.45) is 4.99 Å². The van der Waals surface area contributed by atoms with Gasteiger partial charge in [-0.05, 0) is 18.2 Å². The predicted molar refractivity (Wildman–Crippen MR) is 78.5 cm³/mol. The first-order valence-corrected chi connectivity index (χ1v) is 6.94. The second kappa shape index (κ2) is 5.68. The number of hydrogen-bond acceptors (Lipinski definition) is 6. The quantitative estimate of drug-likeness (QED) is 0.760. The van der Waals surface area contributed by atoms with Gasteiger partial charge in [-0.2, -0.15) is 0 Å². The molecule has 20 heavy (non-hydrogen) atoms. The Morgan fingerprint density at radius 3 is 2.80 bits per heavy atom. The molecule has 0 amide bonds. The standard InChI is InChI=1S/C14H20N4O2/c15-11-1-2-13-12(9-11)16-14(10-20-13)18-5-3-17(4-6-18)7-8-19/h1-2,9,19H,3-8,10,15H2. The summed E-state index contributed by atoms with van der Waals surface area (Å²) in [5.74, 6) is 1.76. The third-order valence-electron chi connectivity index (χ3n) is 3.74. The van der Waals surface area contributed by atoms with Crippen LogP contribution in [0.15, 0.2) is 23.2 Å². The fourth-order valence-corrected chi connectivity index (χ4v) is 2.59. The first kappa shape index (κ1) is 13.2. The van der Waals surface area contributed by atoms with E-state index in [2.05, 4.69) is 14.8 Å². The highest BCUT2D eigenvalue weighted by Crippen LogP contribution is 2.32. The van der Waals surface area contributed by atoms with E-state index >= 15 is 0 Å². The van der Waals surface area contributed by atoms with E-state index in [0.29, 0.717) is 12.3 Å². The van der Waals surface area contributed by atoms with Gasteiger partial charge in [0.1, 0.15) is 23.9 Å². The van der Waals surface area contributed by atoms with Gasteiger partial charge in [0.15, 0.2) is 0 Å². The zero-order chi connectivity index (χ0) is 13.9. The van der Waals surface area contributed by atoms with E-state index in [-0.39, 0.29) is 6.61 Å². The number of piperazine rings is 1. The van der Waals surface area contributed by atoms with Crippen LogP contribution < -0.4 is 10.5 Å². The third-order valence-corrected chi connectivity index (χ3v) is 3.74. The smallest absolute Gasteiger partial charge is 0.146 e. The summed E-state index contributed by atoms with van der Waals surface area (Å²) in [4.78, 5) is 9.18. The number of nitrogen functional groups attached to an aromatic ring is 1. The molecule has 0 bridgehead atoms. The van der Waals surface area contributed by atoms with Crippen LogP contribution in [0, 0.1) is 0 Å². The molecule has 3 N–H and O–H groups in total. The molecular weight excluding hydrogens is 256 g/mol. The number of β-amino-alcohol motifs (C(OH)–C–C–N with tert-alkyl or cyclic N) is 1. The lowest BCUT2D eigenvalue weighted by Gasteiger charge is -2.37. The van der Waals surface area contributed by atoms with Crippen molar-refractivity contribution in [1.29, 1.82) is 0 Å². The molecule has 6 heteroatoms. The normalized spacial score (nSPS) is 19.2. The van der Waals surface area contributed by atoms with E-state index in [0.717, 1.165) is 50.0 Å². The Balaban J connectivity index is 1.70. The Labute approximate surface area is 118 Å².